The molecule has 5 rings (SSSR count). The number of nitro groups is 1. The van der Waals surface area contributed by atoms with E-state index in [1.54, 1.807) is 12.1 Å². The van der Waals surface area contributed by atoms with Crippen molar-refractivity contribution in [3.8, 4) is 5.95 Å². The molecular formula is C27H30FN7O6S. The van der Waals surface area contributed by atoms with E-state index in [2.05, 4.69) is 20.6 Å². The van der Waals surface area contributed by atoms with Crippen LogP contribution in [0.3, 0.4) is 0 Å². The number of amides is 1. The number of aromatic nitrogens is 4. The molecule has 0 spiro atoms. The van der Waals surface area contributed by atoms with Gasteiger partial charge in [-0.1, -0.05) is 38.1 Å². The summed E-state index contributed by atoms with van der Waals surface area (Å²) in [5, 5.41) is 23.5. The first-order valence-electron chi connectivity index (χ1n) is 13.5. The summed E-state index contributed by atoms with van der Waals surface area (Å²) in [5.41, 5.74) is 0.414. The Morgan fingerprint density at radius 2 is 1.98 bits per heavy atom. The maximum absolute atomic E-state index is 14.8. The summed E-state index contributed by atoms with van der Waals surface area (Å²) in [6.45, 7) is 5.55. The van der Waals surface area contributed by atoms with Gasteiger partial charge in [0.1, 0.15) is 11.3 Å². The van der Waals surface area contributed by atoms with Crippen molar-refractivity contribution in [1.82, 2.24) is 29.5 Å². The minimum Gasteiger partial charge on any atom is -0.356 e. The number of para-hydroxylation sites is 2. The van der Waals surface area contributed by atoms with Crippen LogP contribution < -0.4 is 5.32 Å². The van der Waals surface area contributed by atoms with Gasteiger partial charge in [0.05, 0.1) is 10.6 Å². The highest BCUT2D eigenvalue weighted by molar-refractivity contribution is 7.89. The third-order valence-electron chi connectivity index (χ3n) is 7.30. The molecule has 0 radical (unpaired) electrons. The molecule has 1 aliphatic carbocycles. The molecule has 15 heteroatoms. The van der Waals surface area contributed by atoms with Gasteiger partial charge in [0.25, 0.3) is 11.6 Å². The maximum Gasteiger partial charge on any atom is 0.291 e. The monoisotopic (exact) mass is 599 g/mol. The third kappa shape index (κ3) is 5.48. The second kappa shape index (κ2) is 11.6. The van der Waals surface area contributed by atoms with Gasteiger partial charge in [-0.25, -0.2) is 12.8 Å². The number of hydrogen-bond acceptors (Lipinski definition) is 9. The number of sulfonamides is 1. The van der Waals surface area contributed by atoms with Crippen LogP contribution in [0.4, 0.5) is 10.1 Å². The zero-order valence-corrected chi connectivity index (χ0v) is 24.0. The highest BCUT2D eigenvalue weighted by Crippen LogP contribution is 2.42. The molecule has 1 amide bonds. The Morgan fingerprint density at radius 3 is 2.67 bits per heavy atom. The van der Waals surface area contributed by atoms with Crippen LogP contribution in [0.25, 0.3) is 16.9 Å². The van der Waals surface area contributed by atoms with E-state index >= 15 is 0 Å². The van der Waals surface area contributed by atoms with Crippen LogP contribution in [-0.4, -0.2) is 62.6 Å². The molecule has 0 bridgehead atoms. The maximum atomic E-state index is 14.8. The smallest absolute Gasteiger partial charge is 0.291 e. The molecule has 2 heterocycles. The predicted octanol–water partition coefficient (Wildman–Crippen LogP) is 4.04. The van der Waals surface area contributed by atoms with Gasteiger partial charge in [0, 0.05) is 43.4 Å². The van der Waals surface area contributed by atoms with Gasteiger partial charge < -0.3 is 9.84 Å². The van der Waals surface area contributed by atoms with E-state index in [0.29, 0.717) is 30.3 Å². The minimum atomic E-state index is -4.26. The molecule has 0 aliphatic heterocycles. The number of rotatable bonds is 11. The van der Waals surface area contributed by atoms with Gasteiger partial charge in [0.2, 0.25) is 21.8 Å². The van der Waals surface area contributed by atoms with E-state index in [4.69, 9.17) is 4.52 Å². The van der Waals surface area contributed by atoms with E-state index in [-0.39, 0.29) is 48.2 Å². The lowest BCUT2D eigenvalue weighted by Gasteiger charge is -2.40. The first-order chi connectivity index (χ1) is 20.0. The number of nitrogens with zero attached hydrogens (tertiary/aromatic N) is 6. The number of halogens is 1. The van der Waals surface area contributed by atoms with Crippen molar-refractivity contribution in [3.63, 3.8) is 0 Å². The van der Waals surface area contributed by atoms with Gasteiger partial charge in [-0.15, -0.1) is 0 Å². The van der Waals surface area contributed by atoms with Gasteiger partial charge >= 0.3 is 0 Å². The normalized spacial score (nSPS) is 17.1. The van der Waals surface area contributed by atoms with Crippen LogP contribution in [0.1, 0.15) is 63.5 Å². The van der Waals surface area contributed by atoms with Crippen LogP contribution in [0.2, 0.25) is 0 Å². The predicted molar refractivity (Wildman–Crippen MR) is 149 cm³/mol. The van der Waals surface area contributed by atoms with Crippen LogP contribution in [-0.2, 0) is 14.8 Å². The lowest BCUT2D eigenvalue weighted by Crippen LogP contribution is -2.48. The highest BCUT2D eigenvalue weighted by atomic mass is 32.2. The summed E-state index contributed by atoms with van der Waals surface area (Å²) in [6.07, 6.45) is 0.960. The molecule has 0 atom stereocenters. The molecule has 2 aromatic heterocycles. The Labute approximate surface area is 240 Å². The molecule has 13 nitrogen and oxygen atoms in total. The number of carbonyl (C=O) groups is 1. The van der Waals surface area contributed by atoms with Crippen molar-refractivity contribution in [3.05, 3.63) is 70.0 Å². The summed E-state index contributed by atoms with van der Waals surface area (Å²) in [7, 11) is -4.26. The van der Waals surface area contributed by atoms with E-state index in [1.807, 2.05) is 13.8 Å². The largest absolute Gasteiger partial charge is 0.356 e. The van der Waals surface area contributed by atoms with E-state index in [0.717, 1.165) is 6.07 Å². The zero-order chi connectivity index (χ0) is 30.2. The van der Waals surface area contributed by atoms with Crippen molar-refractivity contribution in [1.29, 1.82) is 0 Å². The molecule has 42 heavy (non-hydrogen) atoms. The van der Waals surface area contributed by atoms with Crippen LogP contribution >= 0.6 is 0 Å². The first-order valence-corrected chi connectivity index (χ1v) is 14.9. The highest BCUT2D eigenvalue weighted by Gasteiger charge is 2.44. The zero-order valence-electron chi connectivity index (χ0n) is 23.2. The second-order valence-corrected chi connectivity index (χ2v) is 12.4. The number of hydrogen-bond donors (Lipinski definition) is 1. The van der Waals surface area contributed by atoms with Crippen LogP contribution in [0.5, 0.6) is 0 Å². The molecule has 1 aliphatic rings. The molecule has 2 aromatic carbocycles. The first kappa shape index (κ1) is 29.3. The van der Waals surface area contributed by atoms with Gasteiger partial charge in [0.15, 0.2) is 4.90 Å². The van der Waals surface area contributed by atoms with Crippen LogP contribution in [0.15, 0.2) is 51.9 Å². The quantitative estimate of drug-likeness (QED) is 0.152. The number of benzene rings is 2. The molecule has 4 aromatic rings. The fraction of sp³-hybridized carbons (Fsp3) is 0.407. The van der Waals surface area contributed by atoms with Gasteiger partial charge in [-0.3, -0.25) is 14.9 Å². The number of fused-ring (bicyclic) bond motifs is 1. The molecule has 1 fully saturated rings. The molecule has 0 unspecified atom stereocenters. The molecule has 1 N–H and O–H groups in total. The summed E-state index contributed by atoms with van der Waals surface area (Å²) in [6, 6.07) is 9.45. The number of carbonyl (C=O) groups excluding carboxylic acids is 1. The summed E-state index contributed by atoms with van der Waals surface area (Å²) >= 11 is 0. The Balaban J connectivity index is 1.39. The summed E-state index contributed by atoms with van der Waals surface area (Å²) < 4.78 is 50.3. The van der Waals surface area contributed by atoms with Gasteiger partial charge in [-0.2, -0.15) is 19.1 Å². The number of nitro benzene ring substituents is 1. The average molecular weight is 600 g/mol. The Morgan fingerprint density at radius 1 is 1.24 bits per heavy atom. The van der Waals surface area contributed by atoms with Crippen molar-refractivity contribution in [2.24, 2.45) is 0 Å². The topological polar surface area (TPSA) is 166 Å². The van der Waals surface area contributed by atoms with Crippen molar-refractivity contribution >= 4 is 32.5 Å². The summed E-state index contributed by atoms with van der Waals surface area (Å²) in [4.78, 5) is 26.2. The average Bonchev–Trinajstić information content (AvgIpc) is 3.55. The Hall–Kier alpha value is -4.24. The fourth-order valence-corrected chi connectivity index (χ4v) is 7.02. The van der Waals surface area contributed by atoms with Crippen LogP contribution in [0, 0.1) is 15.9 Å². The summed E-state index contributed by atoms with van der Waals surface area (Å²) in [5.74, 6) is -0.662. The Bertz CT molecular complexity index is 1750. The SMILES string of the molecule is CC(=O)NCCCN(C1CC(c2nc(-n3nc(C(C)C)c4cccc(F)c43)no2)C1)S(=O)(=O)c1ccccc1[N+](=O)[O-]. The second-order valence-electron chi connectivity index (χ2n) is 10.5. The fourth-order valence-electron chi connectivity index (χ4n) is 5.17. The standard InChI is InChI=1S/C27H30FN7O6S/c1-16(2)24-20-8-6-9-21(28)25(20)34(31-24)27-30-26(41-32-27)18-14-19(15-18)33(13-7-12-29-17(3)36)42(39,40)23-11-5-4-10-22(23)35(37)38/h4-6,8-11,16,18-19H,7,12-15H2,1-3H3,(H,29,36). The minimum absolute atomic E-state index is 0.0216. The van der Waals surface area contributed by atoms with Crippen molar-refractivity contribution < 1.29 is 27.0 Å². The van der Waals surface area contributed by atoms with Gasteiger partial charge in [-0.05, 0) is 42.5 Å². The molecule has 222 valence electrons. The molecular weight excluding hydrogens is 569 g/mol. The lowest BCUT2D eigenvalue weighted by atomic mass is 9.80. The molecule has 0 saturated heterocycles. The van der Waals surface area contributed by atoms with E-state index in [1.165, 1.54) is 40.2 Å². The van der Waals surface area contributed by atoms with E-state index in [9.17, 15) is 27.7 Å². The van der Waals surface area contributed by atoms with Crippen molar-refractivity contribution in [2.45, 2.75) is 62.8 Å². The van der Waals surface area contributed by atoms with Crippen molar-refractivity contribution in [2.75, 3.05) is 13.1 Å². The van der Waals surface area contributed by atoms with E-state index < -0.39 is 37.4 Å². The number of nitrogens with one attached hydrogen (secondary N) is 1. The third-order valence-corrected chi connectivity index (χ3v) is 9.30. The lowest BCUT2D eigenvalue weighted by molar-refractivity contribution is -0.387. The molecule has 1 saturated carbocycles. The Kier molecular flexibility index (Phi) is 8.06.